The lowest BCUT2D eigenvalue weighted by atomic mass is 9.81. The molecule has 0 spiro atoms. The molecule has 2 rings (SSSR count). The quantitative estimate of drug-likeness (QED) is 0.888. The van der Waals surface area contributed by atoms with Gasteiger partial charge in [-0.2, -0.15) is 13.2 Å². The fourth-order valence-corrected chi connectivity index (χ4v) is 2.20. The van der Waals surface area contributed by atoms with Crippen LogP contribution in [0.2, 0.25) is 0 Å². The molecule has 8 heteroatoms. The molecular formula is C10H11F3N2O3. The maximum absolute atomic E-state index is 12.6. The molecule has 1 heterocycles. The van der Waals surface area contributed by atoms with Gasteiger partial charge in [0.15, 0.2) is 0 Å². The van der Waals surface area contributed by atoms with Crippen molar-refractivity contribution in [3.8, 4) is 0 Å². The lowest BCUT2D eigenvalue weighted by molar-refractivity contribution is -0.183. The predicted octanol–water partition coefficient (Wildman–Crippen LogP) is 2.60. The Hall–Kier alpha value is -1.60. The van der Waals surface area contributed by atoms with Gasteiger partial charge in [-0.15, -0.1) is 10.2 Å². The van der Waals surface area contributed by atoms with Gasteiger partial charge in [0.2, 0.25) is 5.89 Å². The molecule has 0 aromatic carbocycles. The highest BCUT2D eigenvalue weighted by Crippen LogP contribution is 2.43. The molecule has 0 radical (unpaired) electrons. The minimum Gasteiger partial charge on any atom is -0.474 e. The fraction of sp³-hybridized carbons (Fsp3) is 0.700. The van der Waals surface area contributed by atoms with Gasteiger partial charge in [0.05, 0.1) is 5.92 Å². The molecule has 2 unspecified atom stereocenters. The van der Waals surface area contributed by atoms with Crippen LogP contribution in [0.3, 0.4) is 0 Å². The molecule has 1 aliphatic rings. The molecule has 5 nitrogen and oxygen atoms in total. The Morgan fingerprint density at radius 2 is 2.06 bits per heavy atom. The number of rotatable bonds is 2. The van der Waals surface area contributed by atoms with E-state index in [-0.39, 0.29) is 18.7 Å². The number of aromatic nitrogens is 2. The molecular weight excluding hydrogens is 253 g/mol. The largest absolute Gasteiger partial charge is 0.474 e. The summed E-state index contributed by atoms with van der Waals surface area (Å²) in [4.78, 5) is 10.5. The number of nitrogens with zero attached hydrogens (tertiary/aromatic N) is 2. The SMILES string of the molecule is O=C(O)c1nnc(C2CCCC(C(F)(F)F)C2)o1. The van der Waals surface area contributed by atoms with E-state index >= 15 is 0 Å². The van der Waals surface area contributed by atoms with Crippen molar-refractivity contribution in [2.24, 2.45) is 5.92 Å². The molecule has 1 N–H and O–H groups in total. The molecule has 18 heavy (non-hydrogen) atoms. The Bertz CT molecular complexity index is 444. The summed E-state index contributed by atoms with van der Waals surface area (Å²) in [6.07, 6.45) is -3.33. The Balaban J connectivity index is 2.10. The van der Waals surface area contributed by atoms with Crippen LogP contribution in [-0.4, -0.2) is 27.4 Å². The molecule has 1 saturated carbocycles. The summed E-state index contributed by atoms with van der Waals surface area (Å²) in [6.45, 7) is 0. The van der Waals surface area contributed by atoms with Crippen molar-refractivity contribution < 1.29 is 27.5 Å². The smallest absolute Gasteiger partial charge is 0.393 e. The van der Waals surface area contributed by atoms with Crippen molar-refractivity contribution in [1.29, 1.82) is 0 Å². The van der Waals surface area contributed by atoms with Gasteiger partial charge < -0.3 is 9.52 Å². The molecule has 0 bridgehead atoms. The van der Waals surface area contributed by atoms with Gasteiger partial charge >= 0.3 is 18.0 Å². The van der Waals surface area contributed by atoms with Crippen LogP contribution >= 0.6 is 0 Å². The molecule has 0 aliphatic heterocycles. The first kappa shape index (κ1) is 12.8. The van der Waals surface area contributed by atoms with Gasteiger partial charge in [-0.25, -0.2) is 4.79 Å². The van der Waals surface area contributed by atoms with Crippen LogP contribution in [0.4, 0.5) is 13.2 Å². The Morgan fingerprint density at radius 1 is 1.33 bits per heavy atom. The molecule has 100 valence electrons. The van der Waals surface area contributed by atoms with E-state index in [1.54, 1.807) is 0 Å². The fourth-order valence-electron chi connectivity index (χ4n) is 2.20. The topological polar surface area (TPSA) is 76.2 Å². The first-order chi connectivity index (χ1) is 8.38. The minimum atomic E-state index is -4.23. The first-order valence-corrected chi connectivity index (χ1v) is 5.51. The highest BCUT2D eigenvalue weighted by atomic mass is 19.4. The zero-order chi connectivity index (χ0) is 13.3. The van der Waals surface area contributed by atoms with Crippen LogP contribution in [0, 0.1) is 5.92 Å². The first-order valence-electron chi connectivity index (χ1n) is 5.51. The van der Waals surface area contributed by atoms with Gasteiger partial charge in [-0.05, 0) is 19.3 Å². The zero-order valence-electron chi connectivity index (χ0n) is 9.28. The maximum atomic E-state index is 12.6. The van der Waals surface area contributed by atoms with Crippen LogP contribution in [-0.2, 0) is 0 Å². The number of hydrogen-bond donors (Lipinski definition) is 1. The number of carboxylic acids is 1. The number of aromatic carboxylic acids is 1. The van der Waals surface area contributed by atoms with E-state index in [0.29, 0.717) is 12.8 Å². The normalized spacial score (nSPS) is 25.1. The molecule has 1 aromatic rings. The van der Waals surface area contributed by atoms with E-state index < -0.39 is 29.9 Å². The summed E-state index contributed by atoms with van der Waals surface area (Å²) < 4.78 is 42.7. The summed E-state index contributed by atoms with van der Waals surface area (Å²) >= 11 is 0. The monoisotopic (exact) mass is 264 g/mol. The highest BCUT2D eigenvalue weighted by Gasteiger charge is 2.43. The number of carbonyl (C=O) groups is 1. The van der Waals surface area contributed by atoms with E-state index in [9.17, 15) is 18.0 Å². The van der Waals surface area contributed by atoms with Gasteiger partial charge in [-0.1, -0.05) is 6.42 Å². The third-order valence-electron chi connectivity index (χ3n) is 3.11. The number of carboxylic acid groups (broad SMARTS) is 1. The van der Waals surface area contributed by atoms with Gasteiger partial charge in [0, 0.05) is 5.92 Å². The second kappa shape index (κ2) is 4.58. The second-order valence-electron chi connectivity index (χ2n) is 4.35. The number of alkyl halides is 3. The summed E-state index contributed by atoms with van der Waals surface area (Å²) in [5.41, 5.74) is 0. The van der Waals surface area contributed by atoms with E-state index in [1.165, 1.54) is 0 Å². The zero-order valence-corrected chi connectivity index (χ0v) is 9.28. The Labute approximate surface area is 100.0 Å². The van der Waals surface area contributed by atoms with Crippen molar-refractivity contribution in [2.45, 2.75) is 37.8 Å². The van der Waals surface area contributed by atoms with Crippen molar-refractivity contribution >= 4 is 5.97 Å². The van der Waals surface area contributed by atoms with Gasteiger partial charge in [0.1, 0.15) is 0 Å². The van der Waals surface area contributed by atoms with E-state index in [4.69, 9.17) is 9.52 Å². The van der Waals surface area contributed by atoms with Crippen LogP contribution in [0.15, 0.2) is 4.42 Å². The summed E-state index contributed by atoms with van der Waals surface area (Å²) in [6, 6.07) is 0. The maximum Gasteiger partial charge on any atom is 0.393 e. The summed E-state index contributed by atoms with van der Waals surface area (Å²) in [5, 5.41) is 15.4. The van der Waals surface area contributed by atoms with Crippen molar-refractivity contribution in [3.05, 3.63) is 11.8 Å². The highest BCUT2D eigenvalue weighted by molar-refractivity contribution is 5.81. The Kier molecular flexibility index (Phi) is 3.27. The molecule has 0 saturated heterocycles. The third kappa shape index (κ3) is 2.62. The number of hydrogen-bond acceptors (Lipinski definition) is 4. The van der Waals surface area contributed by atoms with Crippen LogP contribution in [0.1, 0.15) is 48.2 Å². The van der Waals surface area contributed by atoms with E-state index in [1.807, 2.05) is 0 Å². The molecule has 0 amide bonds. The van der Waals surface area contributed by atoms with Gasteiger partial charge in [0.25, 0.3) is 0 Å². The minimum absolute atomic E-state index is 0.0126. The molecule has 2 atom stereocenters. The van der Waals surface area contributed by atoms with Crippen molar-refractivity contribution in [2.75, 3.05) is 0 Å². The van der Waals surface area contributed by atoms with E-state index in [0.717, 1.165) is 0 Å². The summed E-state index contributed by atoms with van der Waals surface area (Å²) in [5.74, 6) is -3.86. The third-order valence-corrected chi connectivity index (χ3v) is 3.11. The average Bonchev–Trinajstić information content (AvgIpc) is 2.77. The van der Waals surface area contributed by atoms with E-state index in [2.05, 4.69) is 10.2 Å². The lowest BCUT2D eigenvalue weighted by Crippen LogP contribution is -2.28. The van der Waals surface area contributed by atoms with Crippen LogP contribution < -0.4 is 0 Å². The standard InChI is InChI=1S/C10H11F3N2O3/c11-10(12,13)6-3-1-2-5(4-6)7-14-15-8(18-7)9(16)17/h5-6H,1-4H2,(H,16,17). The summed E-state index contributed by atoms with van der Waals surface area (Å²) in [7, 11) is 0. The number of halogens is 3. The van der Waals surface area contributed by atoms with Crippen molar-refractivity contribution in [3.63, 3.8) is 0 Å². The predicted molar refractivity (Wildman–Crippen MR) is 52.0 cm³/mol. The average molecular weight is 264 g/mol. The molecule has 1 aromatic heterocycles. The second-order valence-corrected chi connectivity index (χ2v) is 4.35. The van der Waals surface area contributed by atoms with Crippen LogP contribution in [0.5, 0.6) is 0 Å². The van der Waals surface area contributed by atoms with Crippen molar-refractivity contribution in [1.82, 2.24) is 10.2 Å². The van der Waals surface area contributed by atoms with Crippen LogP contribution in [0.25, 0.3) is 0 Å². The molecule has 1 aliphatic carbocycles. The van der Waals surface area contributed by atoms with Gasteiger partial charge in [-0.3, -0.25) is 0 Å². The Morgan fingerprint density at radius 3 is 2.61 bits per heavy atom. The lowest BCUT2D eigenvalue weighted by Gasteiger charge is -2.28. The molecule has 1 fully saturated rings.